The second kappa shape index (κ2) is 20.7. The number of allylic oxidation sites excluding steroid dienone is 2. The first-order valence-corrected chi connectivity index (χ1v) is 15.8. The molecule has 2 saturated heterocycles. The first-order chi connectivity index (χ1) is 20.2. The largest absolute Gasteiger partial charge is 0.394 e. The summed E-state index contributed by atoms with van der Waals surface area (Å²) in [6.45, 7) is 0.895. The van der Waals surface area contributed by atoms with Gasteiger partial charge in [0.25, 0.3) is 0 Å². The fourth-order valence-corrected chi connectivity index (χ4v) is 5.30. The van der Waals surface area contributed by atoms with E-state index in [1.165, 1.54) is 38.5 Å². The molecule has 1 amide bonds. The Morgan fingerprint density at radius 3 is 1.86 bits per heavy atom. The maximum atomic E-state index is 12.5. The minimum atomic E-state index is -1.74. The fourth-order valence-electron chi connectivity index (χ4n) is 5.30. The van der Waals surface area contributed by atoms with Gasteiger partial charge in [0.15, 0.2) is 12.5 Å². The standard InChI is InChI=1S/C30H55NO11/c1-2-3-4-5-6-7-8-9-10-11-12-13-14-15-16-17-22(34)31-29-26(38)25(37)28(21(19-33)40-29)42-30-27(39)24(36)23(35)20(18-32)41-30/h9-10,20-21,23-30,32-33,35-39H,2-8,11-19H2,1H3,(H,31,34)/b10-9-/t20-,21-,23+,24+,25-,26-,27-,28-,29?,30+/m1/s1. The van der Waals surface area contributed by atoms with Gasteiger partial charge in [-0.1, -0.05) is 70.4 Å². The predicted molar refractivity (Wildman–Crippen MR) is 154 cm³/mol. The molecule has 2 heterocycles. The summed E-state index contributed by atoms with van der Waals surface area (Å²) in [5, 5.41) is 73.1. The predicted octanol–water partition coefficient (Wildman–Crippen LogP) is 0.764. The van der Waals surface area contributed by atoms with Crippen LogP contribution < -0.4 is 5.32 Å². The molecule has 246 valence electrons. The highest BCUT2D eigenvalue weighted by Crippen LogP contribution is 2.28. The summed E-state index contributed by atoms with van der Waals surface area (Å²) in [4.78, 5) is 12.5. The van der Waals surface area contributed by atoms with E-state index in [-0.39, 0.29) is 12.3 Å². The van der Waals surface area contributed by atoms with E-state index < -0.39 is 74.6 Å². The first kappa shape index (κ1) is 37.0. The van der Waals surface area contributed by atoms with E-state index in [9.17, 15) is 40.5 Å². The molecule has 10 atom stereocenters. The van der Waals surface area contributed by atoms with Crippen molar-refractivity contribution in [1.29, 1.82) is 0 Å². The van der Waals surface area contributed by atoms with Crippen molar-refractivity contribution in [2.45, 2.75) is 158 Å². The molecule has 2 fully saturated rings. The number of aliphatic hydroxyl groups is 7. The molecule has 0 aromatic heterocycles. The summed E-state index contributed by atoms with van der Waals surface area (Å²) in [7, 11) is 0. The average Bonchev–Trinajstić information content (AvgIpc) is 2.98. The van der Waals surface area contributed by atoms with E-state index in [2.05, 4.69) is 24.4 Å². The zero-order valence-corrected chi connectivity index (χ0v) is 25.0. The molecule has 0 bridgehead atoms. The molecule has 12 heteroatoms. The number of carbonyl (C=O) groups is 1. The van der Waals surface area contributed by atoms with Gasteiger partial charge in [-0.05, 0) is 32.1 Å². The average molecular weight is 606 g/mol. The molecule has 1 unspecified atom stereocenters. The van der Waals surface area contributed by atoms with Crippen LogP contribution in [0.3, 0.4) is 0 Å². The van der Waals surface area contributed by atoms with Gasteiger partial charge in [0.1, 0.15) is 48.8 Å². The van der Waals surface area contributed by atoms with Gasteiger partial charge in [-0.3, -0.25) is 4.79 Å². The molecule has 42 heavy (non-hydrogen) atoms. The van der Waals surface area contributed by atoms with E-state index in [4.69, 9.17) is 14.2 Å². The highest BCUT2D eigenvalue weighted by atomic mass is 16.7. The molecule has 2 rings (SSSR count). The van der Waals surface area contributed by atoms with Crippen molar-refractivity contribution in [2.24, 2.45) is 0 Å². The van der Waals surface area contributed by atoms with Crippen molar-refractivity contribution >= 4 is 5.91 Å². The minimum absolute atomic E-state index is 0.218. The third-order valence-corrected chi connectivity index (χ3v) is 7.97. The molecule has 0 spiro atoms. The summed E-state index contributed by atoms with van der Waals surface area (Å²) in [6.07, 6.45) is 4.55. The van der Waals surface area contributed by atoms with E-state index in [1.807, 2.05) is 0 Å². The van der Waals surface area contributed by atoms with Crippen molar-refractivity contribution in [1.82, 2.24) is 5.32 Å². The van der Waals surface area contributed by atoms with Gasteiger partial charge in [0.05, 0.1) is 13.2 Å². The number of aliphatic hydroxyl groups excluding tert-OH is 7. The molecule has 2 aliphatic heterocycles. The third kappa shape index (κ3) is 12.1. The summed E-state index contributed by atoms with van der Waals surface area (Å²) < 4.78 is 16.4. The van der Waals surface area contributed by atoms with Gasteiger partial charge in [-0.2, -0.15) is 0 Å². The van der Waals surface area contributed by atoms with Crippen LogP contribution in [0.25, 0.3) is 0 Å². The molecular formula is C30H55NO11. The van der Waals surface area contributed by atoms with Crippen molar-refractivity contribution < 1.29 is 54.8 Å². The molecule has 8 N–H and O–H groups in total. The lowest BCUT2D eigenvalue weighted by Crippen LogP contribution is -2.66. The van der Waals surface area contributed by atoms with Crippen LogP contribution in [0.4, 0.5) is 0 Å². The Labute approximate surface area is 249 Å². The number of ether oxygens (including phenoxy) is 3. The van der Waals surface area contributed by atoms with Gasteiger partial charge < -0.3 is 55.3 Å². The van der Waals surface area contributed by atoms with Crippen LogP contribution in [0, 0.1) is 0 Å². The van der Waals surface area contributed by atoms with Crippen molar-refractivity contribution in [2.75, 3.05) is 13.2 Å². The van der Waals surface area contributed by atoms with Crippen LogP contribution in [0.15, 0.2) is 12.2 Å². The number of hydrogen-bond donors (Lipinski definition) is 8. The zero-order valence-electron chi connectivity index (χ0n) is 25.0. The topological polar surface area (TPSA) is 198 Å². The van der Waals surface area contributed by atoms with E-state index in [1.54, 1.807) is 0 Å². The molecule has 0 aromatic carbocycles. The lowest BCUT2D eigenvalue weighted by Gasteiger charge is -2.46. The molecule has 12 nitrogen and oxygen atoms in total. The Morgan fingerprint density at radius 2 is 1.26 bits per heavy atom. The monoisotopic (exact) mass is 605 g/mol. The first-order valence-electron chi connectivity index (χ1n) is 15.8. The number of rotatable bonds is 20. The van der Waals surface area contributed by atoms with Crippen LogP contribution >= 0.6 is 0 Å². The summed E-state index contributed by atoms with van der Waals surface area (Å²) >= 11 is 0. The zero-order chi connectivity index (χ0) is 30.9. The molecule has 0 aromatic rings. The Kier molecular flexibility index (Phi) is 18.2. The Hall–Kier alpha value is -1.19. The van der Waals surface area contributed by atoms with Gasteiger partial charge in [0, 0.05) is 6.42 Å². The smallest absolute Gasteiger partial charge is 0.222 e. The summed E-state index contributed by atoms with van der Waals surface area (Å²) in [6, 6.07) is 0. The highest BCUT2D eigenvalue weighted by molar-refractivity contribution is 5.76. The molecule has 0 radical (unpaired) electrons. The Morgan fingerprint density at radius 1 is 0.690 bits per heavy atom. The lowest BCUT2D eigenvalue weighted by molar-refractivity contribution is -0.343. The second-order valence-electron chi connectivity index (χ2n) is 11.5. The highest BCUT2D eigenvalue weighted by Gasteiger charge is 2.50. The van der Waals surface area contributed by atoms with Crippen molar-refractivity contribution in [3.63, 3.8) is 0 Å². The number of carbonyl (C=O) groups excluding carboxylic acids is 1. The van der Waals surface area contributed by atoms with Gasteiger partial charge in [0.2, 0.25) is 5.91 Å². The number of unbranched alkanes of at least 4 members (excludes halogenated alkanes) is 11. The van der Waals surface area contributed by atoms with Crippen LogP contribution in [0.5, 0.6) is 0 Å². The van der Waals surface area contributed by atoms with Crippen LogP contribution in [-0.4, -0.2) is 116 Å². The van der Waals surface area contributed by atoms with E-state index in [0.29, 0.717) is 6.42 Å². The normalized spacial score (nSPS) is 33.7. The molecule has 2 aliphatic rings. The maximum Gasteiger partial charge on any atom is 0.222 e. The van der Waals surface area contributed by atoms with Crippen molar-refractivity contribution in [3.8, 4) is 0 Å². The fraction of sp³-hybridized carbons (Fsp3) is 0.900. The SMILES string of the molecule is CCCCCCCC/C=C\CCCCCCCC(=O)NC1O[C@H](CO)[C@@H](O[C@@H]2O[C@H](CO)[C@H](O)[C@H](O)[C@H]2O)[C@H](O)[C@H]1O. The number of hydrogen-bond acceptors (Lipinski definition) is 11. The van der Waals surface area contributed by atoms with Crippen LogP contribution in [0.1, 0.15) is 96.8 Å². The summed E-state index contributed by atoms with van der Waals surface area (Å²) in [5.41, 5.74) is 0. The Balaban J connectivity index is 1.64. The lowest BCUT2D eigenvalue weighted by atomic mass is 9.96. The van der Waals surface area contributed by atoms with Crippen LogP contribution in [-0.2, 0) is 19.0 Å². The number of amides is 1. The minimum Gasteiger partial charge on any atom is -0.394 e. The number of nitrogens with one attached hydrogen (secondary N) is 1. The molecule has 0 aliphatic carbocycles. The third-order valence-electron chi connectivity index (χ3n) is 7.97. The van der Waals surface area contributed by atoms with Gasteiger partial charge in [-0.25, -0.2) is 0 Å². The molecular weight excluding hydrogens is 550 g/mol. The quantitative estimate of drug-likeness (QED) is 0.0720. The second-order valence-corrected chi connectivity index (χ2v) is 11.5. The van der Waals surface area contributed by atoms with Crippen molar-refractivity contribution in [3.05, 3.63) is 12.2 Å². The Bertz CT molecular complexity index is 753. The van der Waals surface area contributed by atoms with Crippen LogP contribution in [0.2, 0.25) is 0 Å². The summed E-state index contributed by atoms with van der Waals surface area (Å²) in [5.74, 6) is -0.367. The van der Waals surface area contributed by atoms with E-state index in [0.717, 1.165) is 38.5 Å². The van der Waals surface area contributed by atoms with Gasteiger partial charge >= 0.3 is 0 Å². The maximum absolute atomic E-state index is 12.5. The van der Waals surface area contributed by atoms with Gasteiger partial charge in [-0.15, -0.1) is 0 Å². The molecule has 0 saturated carbocycles. The van der Waals surface area contributed by atoms with E-state index >= 15 is 0 Å².